The Hall–Kier alpha value is -3.86. The average molecular weight is 506 g/mol. The Morgan fingerprint density at radius 2 is 1.58 bits per heavy atom. The predicted molar refractivity (Wildman–Crippen MR) is 151 cm³/mol. The number of hydrogen-bond acceptors (Lipinski definition) is 2. The normalized spacial score (nSPS) is 20.2. The summed E-state index contributed by atoms with van der Waals surface area (Å²) in [6, 6.07) is 28.3. The Morgan fingerprint density at radius 3 is 2.32 bits per heavy atom. The van der Waals surface area contributed by atoms with Gasteiger partial charge in [-0.25, -0.2) is 0 Å². The van der Waals surface area contributed by atoms with Gasteiger partial charge in [0.2, 0.25) is 0 Å². The minimum atomic E-state index is -1.18. The maximum Gasteiger partial charge on any atom is 0.272 e. The molecular weight excluding hydrogens is 470 g/mol. The van der Waals surface area contributed by atoms with Crippen molar-refractivity contribution < 1.29 is 9.59 Å². The third kappa shape index (κ3) is 4.30. The number of nitrogens with zero attached hydrogens (tertiary/aromatic N) is 2. The zero-order valence-corrected chi connectivity index (χ0v) is 22.0. The maximum atomic E-state index is 14.7. The lowest BCUT2D eigenvalue weighted by atomic mass is 9.83. The molecule has 2 amide bonds. The van der Waals surface area contributed by atoms with Gasteiger partial charge in [-0.05, 0) is 43.0 Å². The number of rotatable bonds is 5. The van der Waals surface area contributed by atoms with Crippen molar-refractivity contribution in [2.24, 2.45) is 0 Å². The highest BCUT2D eigenvalue weighted by Crippen LogP contribution is 2.40. The lowest BCUT2D eigenvalue weighted by Crippen LogP contribution is -2.63. The summed E-state index contributed by atoms with van der Waals surface area (Å²) in [7, 11) is 0. The second-order valence-corrected chi connectivity index (χ2v) is 10.9. The van der Waals surface area contributed by atoms with Crippen molar-refractivity contribution in [2.45, 2.75) is 70.1 Å². The SMILES string of the molecule is Cc1ccc(CN2C(=O)c3cc4ccccc4n3C[C@]2(C(=O)NC2CCCCCC2)c2ccccc2)cc1. The first-order chi connectivity index (χ1) is 18.6. The first-order valence-corrected chi connectivity index (χ1v) is 13.9. The Kier molecular flexibility index (Phi) is 6.52. The molecule has 38 heavy (non-hydrogen) atoms. The highest BCUT2D eigenvalue weighted by atomic mass is 16.2. The molecule has 0 unspecified atom stereocenters. The fourth-order valence-corrected chi connectivity index (χ4v) is 6.28. The summed E-state index contributed by atoms with van der Waals surface area (Å²) < 4.78 is 2.06. The number of aryl methyl sites for hydroxylation is 1. The predicted octanol–water partition coefficient (Wildman–Crippen LogP) is 6.34. The van der Waals surface area contributed by atoms with Gasteiger partial charge in [0.05, 0.1) is 6.54 Å². The van der Waals surface area contributed by atoms with Gasteiger partial charge >= 0.3 is 0 Å². The van der Waals surface area contributed by atoms with Gasteiger partial charge in [0.1, 0.15) is 5.69 Å². The number of para-hydroxylation sites is 1. The molecule has 2 aliphatic rings. The van der Waals surface area contributed by atoms with Crippen LogP contribution in [0.5, 0.6) is 0 Å². The zero-order chi connectivity index (χ0) is 26.1. The van der Waals surface area contributed by atoms with E-state index in [1.54, 1.807) is 0 Å². The van der Waals surface area contributed by atoms with Crippen molar-refractivity contribution in [1.29, 1.82) is 0 Å². The molecule has 1 aliphatic heterocycles. The number of amides is 2. The van der Waals surface area contributed by atoms with E-state index >= 15 is 0 Å². The molecule has 0 bridgehead atoms. The smallest absolute Gasteiger partial charge is 0.272 e. The fraction of sp³-hybridized carbons (Fsp3) is 0.333. The largest absolute Gasteiger partial charge is 0.351 e. The summed E-state index contributed by atoms with van der Waals surface area (Å²) in [6.07, 6.45) is 6.66. The van der Waals surface area contributed by atoms with Crippen LogP contribution in [-0.4, -0.2) is 27.3 Å². The summed E-state index contributed by atoms with van der Waals surface area (Å²) in [6.45, 7) is 2.78. The fourth-order valence-electron chi connectivity index (χ4n) is 6.28. The molecule has 0 spiro atoms. The summed E-state index contributed by atoms with van der Waals surface area (Å²) in [4.78, 5) is 30.9. The van der Waals surface area contributed by atoms with Crippen molar-refractivity contribution in [1.82, 2.24) is 14.8 Å². The number of carbonyl (C=O) groups excluding carboxylic acids is 2. The summed E-state index contributed by atoms with van der Waals surface area (Å²) >= 11 is 0. The molecule has 3 aromatic carbocycles. The Morgan fingerprint density at radius 1 is 0.895 bits per heavy atom. The Bertz CT molecular complexity index is 1450. The summed E-state index contributed by atoms with van der Waals surface area (Å²) in [5.41, 5.74) is 3.45. The van der Waals surface area contributed by atoms with Crippen molar-refractivity contribution in [2.75, 3.05) is 0 Å². The zero-order valence-electron chi connectivity index (χ0n) is 22.0. The highest BCUT2D eigenvalue weighted by Gasteiger charge is 2.52. The highest BCUT2D eigenvalue weighted by molar-refractivity contribution is 6.04. The summed E-state index contributed by atoms with van der Waals surface area (Å²) in [5, 5.41) is 4.45. The molecular formula is C33H35N3O2. The van der Waals surface area contributed by atoms with E-state index in [0.717, 1.165) is 47.7 Å². The maximum absolute atomic E-state index is 14.7. The van der Waals surface area contributed by atoms with E-state index in [2.05, 4.69) is 41.1 Å². The Labute approximate surface area is 224 Å². The van der Waals surface area contributed by atoms with E-state index in [9.17, 15) is 9.59 Å². The number of benzene rings is 3. The lowest BCUT2D eigenvalue weighted by molar-refractivity contribution is -0.136. The van der Waals surface area contributed by atoms with Gasteiger partial charge in [-0.2, -0.15) is 0 Å². The van der Waals surface area contributed by atoms with Crippen LogP contribution in [0.1, 0.15) is 65.7 Å². The van der Waals surface area contributed by atoms with Crippen LogP contribution in [0.25, 0.3) is 10.9 Å². The van der Waals surface area contributed by atoms with Crippen LogP contribution in [0.4, 0.5) is 0 Å². The molecule has 1 aromatic heterocycles. The first-order valence-electron chi connectivity index (χ1n) is 13.9. The van der Waals surface area contributed by atoms with Crippen molar-refractivity contribution in [3.63, 3.8) is 0 Å². The van der Waals surface area contributed by atoms with E-state index in [0.29, 0.717) is 18.8 Å². The number of aromatic nitrogens is 1. The van der Waals surface area contributed by atoms with Gasteiger partial charge in [-0.1, -0.05) is 104 Å². The van der Waals surface area contributed by atoms with Gasteiger partial charge in [0.15, 0.2) is 5.54 Å². The second kappa shape index (κ2) is 10.1. The molecule has 1 fully saturated rings. The van der Waals surface area contributed by atoms with E-state index in [-0.39, 0.29) is 17.9 Å². The minimum Gasteiger partial charge on any atom is -0.351 e. The van der Waals surface area contributed by atoms with Crippen LogP contribution in [0, 0.1) is 6.92 Å². The molecule has 1 N–H and O–H groups in total. The van der Waals surface area contributed by atoms with Gasteiger partial charge < -0.3 is 14.8 Å². The van der Waals surface area contributed by atoms with Crippen molar-refractivity contribution in [3.8, 4) is 0 Å². The molecule has 0 saturated heterocycles. The van der Waals surface area contributed by atoms with E-state index < -0.39 is 5.54 Å². The number of carbonyl (C=O) groups is 2. The molecule has 0 radical (unpaired) electrons. The molecule has 6 rings (SSSR count). The van der Waals surface area contributed by atoms with Crippen molar-refractivity contribution >= 4 is 22.7 Å². The molecule has 1 saturated carbocycles. The quantitative estimate of drug-likeness (QED) is 0.322. The van der Waals surface area contributed by atoms with Crippen LogP contribution >= 0.6 is 0 Å². The third-order valence-corrected chi connectivity index (χ3v) is 8.40. The molecule has 5 heteroatoms. The topological polar surface area (TPSA) is 54.3 Å². The van der Waals surface area contributed by atoms with Crippen LogP contribution in [-0.2, 0) is 23.4 Å². The van der Waals surface area contributed by atoms with E-state index in [1.807, 2.05) is 65.6 Å². The van der Waals surface area contributed by atoms with Crippen LogP contribution in [0.3, 0.4) is 0 Å². The number of nitrogens with one attached hydrogen (secondary N) is 1. The van der Waals surface area contributed by atoms with Crippen molar-refractivity contribution in [3.05, 3.63) is 107 Å². The summed E-state index contributed by atoms with van der Waals surface area (Å²) in [5.74, 6) is -0.201. The lowest BCUT2D eigenvalue weighted by Gasteiger charge is -2.47. The van der Waals surface area contributed by atoms with Gasteiger partial charge in [0, 0.05) is 23.5 Å². The van der Waals surface area contributed by atoms with Gasteiger partial charge in [-0.3, -0.25) is 9.59 Å². The second-order valence-electron chi connectivity index (χ2n) is 10.9. The van der Waals surface area contributed by atoms with E-state index in [1.165, 1.54) is 18.4 Å². The third-order valence-electron chi connectivity index (χ3n) is 8.40. The van der Waals surface area contributed by atoms with Crippen LogP contribution in [0.2, 0.25) is 0 Å². The molecule has 5 nitrogen and oxygen atoms in total. The van der Waals surface area contributed by atoms with Crippen LogP contribution < -0.4 is 5.32 Å². The molecule has 1 atom stereocenters. The molecule has 2 heterocycles. The minimum absolute atomic E-state index is 0.0838. The first kappa shape index (κ1) is 24.5. The number of hydrogen-bond donors (Lipinski definition) is 1. The van der Waals surface area contributed by atoms with Gasteiger partial charge in [-0.15, -0.1) is 0 Å². The van der Waals surface area contributed by atoms with E-state index in [4.69, 9.17) is 0 Å². The molecule has 1 aliphatic carbocycles. The van der Waals surface area contributed by atoms with Gasteiger partial charge in [0.25, 0.3) is 11.8 Å². The standard InChI is InChI=1S/C33H35N3O2/c1-24-17-19-25(20-18-24)22-36-31(37)30-21-26-11-9-10-16-29(26)35(30)23-33(36,27-12-5-4-6-13-27)32(38)34-28-14-7-2-3-8-15-28/h4-6,9-13,16-21,28H,2-3,7-8,14-15,22-23H2,1H3,(H,34,38)/t33-/m1/s1. The monoisotopic (exact) mass is 505 g/mol. The Balaban J connectivity index is 1.52. The van der Waals surface area contributed by atoms with Crippen LogP contribution in [0.15, 0.2) is 84.9 Å². The average Bonchev–Trinajstić information content (AvgIpc) is 3.11. The molecule has 4 aromatic rings. The number of fused-ring (bicyclic) bond motifs is 3. The molecule has 194 valence electrons.